The van der Waals surface area contributed by atoms with Crippen molar-refractivity contribution in [2.75, 3.05) is 0 Å². The molecule has 1 aliphatic carbocycles. The Bertz CT molecular complexity index is 222. The van der Waals surface area contributed by atoms with Crippen LogP contribution in [0.25, 0.3) is 0 Å². The molecule has 1 rings (SSSR count). The second-order valence-corrected chi connectivity index (χ2v) is 3.35. The number of hydrogen-bond donors (Lipinski definition) is 0. The second kappa shape index (κ2) is 6.12. The molecule has 0 N–H and O–H groups in total. The molecule has 0 saturated carbocycles. The Morgan fingerprint density at radius 3 is 2.38 bits per heavy atom. The molecule has 0 aromatic rings. The molecule has 0 heterocycles. The number of unbranched alkanes of at least 4 members (excludes halogenated alkanes) is 1. The van der Waals surface area contributed by atoms with Crippen LogP contribution < -0.4 is 0 Å². The molecule has 0 bridgehead atoms. The molecule has 0 atom stereocenters. The third-order valence-corrected chi connectivity index (χ3v) is 2.04. The molecule has 0 fully saturated rings. The molecule has 0 nitrogen and oxygen atoms in total. The Kier molecular flexibility index (Phi) is 5.94. The summed E-state index contributed by atoms with van der Waals surface area (Å²) in [5, 5.41) is 0. The molecule has 0 saturated heterocycles. The van der Waals surface area contributed by atoms with E-state index in [1.165, 1.54) is 0 Å². The zero-order valence-electron chi connectivity index (χ0n) is 8.00. The molecule has 0 amide bonds. The van der Waals surface area contributed by atoms with Gasteiger partial charge in [-0.1, -0.05) is 42.5 Å². The second-order valence-electron chi connectivity index (χ2n) is 3.35. The van der Waals surface area contributed by atoms with Gasteiger partial charge in [0.1, 0.15) is 0 Å². The van der Waals surface area contributed by atoms with Gasteiger partial charge >= 0.3 is 0 Å². The fourth-order valence-electron chi connectivity index (χ4n) is 1.24. The van der Waals surface area contributed by atoms with E-state index in [1.807, 2.05) is 6.08 Å². The summed E-state index contributed by atoms with van der Waals surface area (Å²) in [7, 11) is 0. The van der Waals surface area contributed by atoms with Crippen LogP contribution in [0.3, 0.4) is 0 Å². The Balaban J connectivity index is 0.00000144. The Morgan fingerprint density at radius 2 is 1.85 bits per heavy atom. The summed E-state index contributed by atoms with van der Waals surface area (Å²) >= 11 is 0. The molecular formula is C12H16Ir. The molecule has 1 radical (unpaired) electrons. The molecule has 0 aliphatic heterocycles. The van der Waals surface area contributed by atoms with Crippen molar-refractivity contribution in [1.29, 1.82) is 0 Å². The van der Waals surface area contributed by atoms with Gasteiger partial charge < -0.3 is 0 Å². The zero-order valence-corrected chi connectivity index (χ0v) is 10.4. The van der Waals surface area contributed by atoms with Crippen molar-refractivity contribution in [3.63, 3.8) is 0 Å². The first-order chi connectivity index (χ1) is 5.77. The summed E-state index contributed by atoms with van der Waals surface area (Å²) in [6.45, 7) is 5.89. The standard InChI is InChI=1S/C12H16.Ir/c1-3-4-5-6-9-12(2)10-7-8-11-12;/h3,6-11H,1,4-5H2,2H3;. The van der Waals surface area contributed by atoms with Gasteiger partial charge in [0.05, 0.1) is 0 Å². The number of hydrogen-bond acceptors (Lipinski definition) is 0. The first-order valence-corrected chi connectivity index (χ1v) is 4.42. The topological polar surface area (TPSA) is 0 Å². The predicted octanol–water partition coefficient (Wildman–Crippen LogP) is 3.64. The van der Waals surface area contributed by atoms with E-state index in [9.17, 15) is 0 Å². The van der Waals surface area contributed by atoms with Gasteiger partial charge in [0.2, 0.25) is 0 Å². The van der Waals surface area contributed by atoms with E-state index in [4.69, 9.17) is 0 Å². The summed E-state index contributed by atoms with van der Waals surface area (Å²) in [6.07, 6.45) is 17.2. The van der Waals surface area contributed by atoms with Crippen LogP contribution in [-0.4, -0.2) is 0 Å². The summed E-state index contributed by atoms with van der Waals surface area (Å²) in [4.78, 5) is 0. The van der Waals surface area contributed by atoms with E-state index in [-0.39, 0.29) is 25.5 Å². The van der Waals surface area contributed by atoms with Gasteiger partial charge in [-0.05, 0) is 19.8 Å². The summed E-state index contributed by atoms with van der Waals surface area (Å²) in [6, 6.07) is 0. The van der Waals surface area contributed by atoms with Crippen LogP contribution in [0.2, 0.25) is 0 Å². The number of allylic oxidation sites excluding steroid dienone is 7. The van der Waals surface area contributed by atoms with E-state index in [1.54, 1.807) is 0 Å². The van der Waals surface area contributed by atoms with E-state index in [2.05, 4.69) is 50.0 Å². The summed E-state index contributed by atoms with van der Waals surface area (Å²) in [5.41, 5.74) is 0.168. The van der Waals surface area contributed by atoms with Gasteiger partial charge in [-0.15, -0.1) is 6.58 Å². The molecule has 0 aromatic heterocycles. The average molecular weight is 352 g/mol. The third kappa shape index (κ3) is 4.40. The van der Waals surface area contributed by atoms with Crippen LogP contribution in [0.1, 0.15) is 19.8 Å². The van der Waals surface area contributed by atoms with Crippen LogP contribution in [-0.2, 0) is 20.1 Å². The van der Waals surface area contributed by atoms with Crippen molar-refractivity contribution < 1.29 is 20.1 Å². The fraction of sp³-hybridized carbons (Fsp3) is 0.333. The molecule has 73 valence electrons. The monoisotopic (exact) mass is 353 g/mol. The van der Waals surface area contributed by atoms with Gasteiger partial charge in [-0.2, -0.15) is 0 Å². The SMILES string of the molecule is C=CCCC=CC1(C)C=CC=C1.[Ir]. The minimum atomic E-state index is 0. The smallest absolute Gasteiger partial charge is 0.0219 e. The molecule has 0 unspecified atom stereocenters. The molecule has 0 spiro atoms. The van der Waals surface area contributed by atoms with Crippen molar-refractivity contribution >= 4 is 0 Å². The third-order valence-electron chi connectivity index (χ3n) is 2.04. The van der Waals surface area contributed by atoms with Gasteiger partial charge in [-0.3, -0.25) is 0 Å². The fourth-order valence-corrected chi connectivity index (χ4v) is 1.24. The summed E-state index contributed by atoms with van der Waals surface area (Å²) in [5.74, 6) is 0. The minimum Gasteiger partial charge on any atom is -0.103 e. The normalized spacial score (nSPS) is 17.6. The molecule has 1 heteroatoms. The average Bonchev–Trinajstić information content (AvgIpc) is 2.47. The number of rotatable bonds is 4. The van der Waals surface area contributed by atoms with Gasteiger partial charge in [-0.25, -0.2) is 0 Å². The first-order valence-electron chi connectivity index (χ1n) is 4.42. The first kappa shape index (κ1) is 12.6. The quantitative estimate of drug-likeness (QED) is 0.535. The molecule has 0 aromatic carbocycles. The Morgan fingerprint density at radius 1 is 1.23 bits per heavy atom. The Hall–Kier alpha value is -0.391. The molecular weight excluding hydrogens is 336 g/mol. The maximum absolute atomic E-state index is 3.69. The van der Waals surface area contributed by atoms with Crippen LogP contribution in [0.15, 0.2) is 49.1 Å². The largest absolute Gasteiger partial charge is 0.103 e. The van der Waals surface area contributed by atoms with Gasteiger partial charge in [0, 0.05) is 25.5 Å². The minimum absolute atomic E-state index is 0. The van der Waals surface area contributed by atoms with E-state index in [0.717, 1.165) is 12.8 Å². The maximum Gasteiger partial charge on any atom is 0.0219 e. The van der Waals surface area contributed by atoms with Crippen LogP contribution in [0, 0.1) is 5.41 Å². The van der Waals surface area contributed by atoms with E-state index >= 15 is 0 Å². The van der Waals surface area contributed by atoms with E-state index in [0.29, 0.717) is 0 Å². The summed E-state index contributed by atoms with van der Waals surface area (Å²) < 4.78 is 0. The maximum atomic E-state index is 3.69. The van der Waals surface area contributed by atoms with Crippen molar-refractivity contribution in [2.45, 2.75) is 19.8 Å². The van der Waals surface area contributed by atoms with Crippen molar-refractivity contribution in [3.8, 4) is 0 Å². The van der Waals surface area contributed by atoms with Crippen LogP contribution in [0.5, 0.6) is 0 Å². The van der Waals surface area contributed by atoms with Gasteiger partial charge in [0.25, 0.3) is 0 Å². The van der Waals surface area contributed by atoms with Crippen molar-refractivity contribution in [2.24, 2.45) is 5.41 Å². The van der Waals surface area contributed by atoms with Crippen LogP contribution in [0.4, 0.5) is 0 Å². The Labute approximate surface area is 94.5 Å². The van der Waals surface area contributed by atoms with E-state index < -0.39 is 0 Å². The van der Waals surface area contributed by atoms with Crippen LogP contribution >= 0.6 is 0 Å². The molecule has 1 aliphatic rings. The van der Waals surface area contributed by atoms with Crippen molar-refractivity contribution in [1.82, 2.24) is 0 Å². The predicted molar refractivity (Wildman–Crippen MR) is 55.0 cm³/mol. The zero-order chi connectivity index (χ0) is 8.86. The molecule has 13 heavy (non-hydrogen) atoms. The van der Waals surface area contributed by atoms with Gasteiger partial charge in [0.15, 0.2) is 0 Å². The van der Waals surface area contributed by atoms with Crippen molar-refractivity contribution in [3.05, 3.63) is 49.1 Å².